The van der Waals surface area contributed by atoms with E-state index in [1.807, 2.05) is 39.0 Å². The third-order valence-electron chi connectivity index (χ3n) is 3.76. The van der Waals surface area contributed by atoms with Crippen LogP contribution in [-0.2, 0) is 4.79 Å². The Balaban J connectivity index is 1.66. The van der Waals surface area contributed by atoms with E-state index in [4.69, 9.17) is 4.74 Å². The van der Waals surface area contributed by atoms with Crippen molar-refractivity contribution < 1.29 is 9.53 Å². The first-order valence-corrected chi connectivity index (χ1v) is 9.24. The smallest absolute Gasteiger partial charge is 0.239 e. The second-order valence-corrected chi connectivity index (χ2v) is 7.36. The van der Waals surface area contributed by atoms with Gasteiger partial charge in [-0.15, -0.1) is 0 Å². The van der Waals surface area contributed by atoms with Crippen LogP contribution in [0.1, 0.15) is 27.2 Å². The molecule has 0 radical (unpaired) electrons. The Kier molecular flexibility index (Phi) is 7.46. The fraction of sp³-hybridized carbons (Fsp3) is 0.429. The van der Waals surface area contributed by atoms with Gasteiger partial charge in [0.1, 0.15) is 5.75 Å². The molecule has 0 bridgehead atoms. The molecule has 2 aromatic rings. The highest BCUT2D eigenvalue weighted by atomic mass is 16.5. The Labute approximate surface area is 161 Å². The number of nitrogens with zero attached hydrogens (tertiary/aromatic N) is 1. The number of benzene rings is 2. The van der Waals surface area contributed by atoms with Crippen molar-refractivity contribution in [3.05, 3.63) is 42.5 Å². The highest BCUT2D eigenvalue weighted by Gasteiger charge is 2.13. The fourth-order valence-electron chi connectivity index (χ4n) is 2.57. The lowest BCUT2D eigenvalue weighted by Crippen LogP contribution is -2.48. The van der Waals surface area contributed by atoms with Crippen LogP contribution < -0.4 is 20.7 Å². The van der Waals surface area contributed by atoms with Crippen molar-refractivity contribution in [2.75, 3.05) is 26.7 Å². The maximum absolute atomic E-state index is 11.8. The van der Waals surface area contributed by atoms with Crippen molar-refractivity contribution in [1.82, 2.24) is 16.0 Å². The van der Waals surface area contributed by atoms with E-state index in [-0.39, 0.29) is 18.0 Å². The van der Waals surface area contributed by atoms with Crippen LogP contribution in [0.2, 0.25) is 0 Å². The predicted octanol–water partition coefficient (Wildman–Crippen LogP) is 2.69. The molecule has 2 rings (SSSR count). The van der Waals surface area contributed by atoms with Crippen LogP contribution in [0.25, 0.3) is 10.8 Å². The highest BCUT2D eigenvalue weighted by molar-refractivity contribution is 5.86. The Bertz CT molecular complexity index is 781. The Morgan fingerprint density at radius 3 is 2.52 bits per heavy atom. The monoisotopic (exact) mass is 370 g/mol. The van der Waals surface area contributed by atoms with Gasteiger partial charge < -0.3 is 20.7 Å². The van der Waals surface area contributed by atoms with Gasteiger partial charge in [0.2, 0.25) is 5.91 Å². The van der Waals surface area contributed by atoms with E-state index in [0.29, 0.717) is 19.1 Å². The minimum absolute atomic E-state index is 0.0647. The second kappa shape index (κ2) is 9.80. The van der Waals surface area contributed by atoms with Crippen molar-refractivity contribution in [3.63, 3.8) is 0 Å². The average molecular weight is 370 g/mol. The molecule has 146 valence electrons. The zero-order valence-electron chi connectivity index (χ0n) is 16.6. The first-order chi connectivity index (χ1) is 12.9. The minimum atomic E-state index is -0.240. The highest BCUT2D eigenvalue weighted by Crippen LogP contribution is 2.20. The molecule has 0 aromatic heterocycles. The first kappa shape index (κ1) is 20.6. The van der Waals surface area contributed by atoms with Crippen LogP contribution in [0.3, 0.4) is 0 Å². The van der Waals surface area contributed by atoms with Gasteiger partial charge in [-0.1, -0.05) is 30.3 Å². The zero-order chi connectivity index (χ0) is 19.7. The van der Waals surface area contributed by atoms with Crippen LogP contribution >= 0.6 is 0 Å². The SMILES string of the molecule is CN=C(NCCCOc1ccc2ccccc2c1)NCC(=O)NC(C)(C)C. The lowest BCUT2D eigenvalue weighted by atomic mass is 10.1. The Morgan fingerprint density at radius 1 is 1.07 bits per heavy atom. The molecule has 3 N–H and O–H groups in total. The number of carbonyl (C=O) groups is 1. The maximum Gasteiger partial charge on any atom is 0.239 e. The van der Waals surface area contributed by atoms with Gasteiger partial charge in [0.25, 0.3) is 0 Å². The molecule has 0 atom stereocenters. The fourth-order valence-corrected chi connectivity index (χ4v) is 2.57. The number of hydrogen-bond donors (Lipinski definition) is 3. The predicted molar refractivity (Wildman–Crippen MR) is 111 cm³/mol. The molecule has 0 fully saturated rings. The summed E-state index contributed by atoms with van der Waals surface area (Å²) in [5.74, 6) is 1.41. The van der Waals surface area contributed by atoms with E-state index in [1.165, 1.54) is 10.8 Å². The van der Waals surface area contributed by atoms with Crippen molar-refractivity contribution in [2.24, 2.45) is 4.99 Å². The maximum atomic E-state index is 11.8. The summed E-state index contributed by atoms with van der Waals surface area (Å²) < 4.78 is 5.82. The molecule has 0 unspecified atom stereocenters. The minimum Gasteiger partial charge on any atom is -0.494 e. The largest absolute Gasteiger partial charge is 0.494 e. The van der Waals surface area contributed by atoms with Crippen LogP contribution in [0, 0.1) is 0 Å². The molecule has 6 nitrogen and oxygen atoms in total. The van der Waals surface area contributed by atoms with Crippen LogP contribution in [-0.4, -0.2) is 44.1 Å². The number of hydrogen-bond acceptors (Lipinski definition) is 3. The van der Waals surface area contributed by atoms with Gasteiger partial charge in [0, 0.05) is 19.1 Å². The van der Waals surface area contributed by atoms with E-state index in [2.05, 4.69) is 45.2 Å². The Morgan fingerprint density at radius 2 is 1.81 bits per heavy atom. The summed E-state index contributed by atoms with van der Waals surface area (Å²) >= 11 is 0. The van der Waals surface area contributed by atoms with Crippen molar-refractivity contribution in [3.8, 4) is 5.75 Å². The van der Waals surface area contributed by atoms with Gasteiger partial charge >= 0.3 is 0 Å². The van der Waals surface area contributed by atoms with Gasteiger partial charge in [-0.2, -0.15) is 0 Å². The summed E-state index contributed by atoms with van der Waals surface area (Å²) in [6.45, 7) is 7.35. The molecule has 27 heavy (non-hydrogen) atoms. The lowest BCUT2D eigenvalue weighted by Gasteiger charge is -2.21. The van der Waals surface area contributed by atoms with Gasteiger partial charge in [0.15, 0.2) is 5.96 Å². The summed E-state index contributed by atoms with van der Waals surface area (Å²) in [7, 11) is 1.68. The molecule has 6 heteroatoms. The van der Waals surface area contributed by atoms with Gasteiger partial charge in [-0.05, 0) is 50.1 Å². The van der Waals surface area contributed by atoms with Crippen molar-refractivity contribution in [1.29, 1.82) is 0 Å². The van der Waals surface area contributed by atoms with E-state index in [9.17, 15) is 4.79 Å². The topological polar surface area (TPSA) is 74.8 Å². The molecular formula is C21H30N4O2. The molecule has 2 aromatic carbocycles. The van der Waals surface area contributed by atoms with Gasteiger partial charge in [0.05, 0.1) is 13.2 Å². The molecule has 0 saturated carbocycles. The number of aliphatic imine (C=N–C) groups is 1. The summed E-state index contributed by atoms with van der Waals surface area (Å²) in [4.78, 5) is 15.9. The normalized spacial score (nSPS) is 11.9. The third-order valence-corrected chi connectivity index (χ3v) is 3.76. The third kappa shape index (κ3) is 7.56. The summed E-state index contributed by atoms with van der Waals surface area (Å²) in [5, 5.41) is 11.5. The number of guanidine groups is 1. The van der Waals surface area contributed by atoms with Gasteiger partial charge in [-0.25, -0.2) is 0 Å². The van der Waals surface area contributed by atoms with E-state index < -0.39 is 0 Å². The Hall–Kier alpha value is -2.76. The van der Waals surface area contributed by atoms with E-state index in [1.54, 1.807) is 7.05 Å². The summed E-state index contributed by atoms with van der Waals surface area (Å²) in [6, 6.07) is 14.3. The molecule has 0 aliphatic carbocycles. The number of amides is 1. The van der Waals surface area contributed by atoms with Crippen LogP contribution in [0.5, 0.6) is 5.75 Å². The molecule has 0 spiro atoms. The molecule has 0 aliphatic heterocycles. The first-order valence-electron chi connectivity index (χ1n) is 9.24. The number of nitrogens with one attached hydrogen (secondary N) is 3. The van der Waals surface area contributed by atoms with Crippen molar-refractivity contribution >= 4 is 22.6 Å². The lowest BCUT2D eigenvalue weighted by molar-refractivity contribution is -0.121. The molecule has 1 amide bonds. The second-order valence-electron chi connectivity index (χ2n) is 7.36. The molecule has 0 saturated heterocycles. The number of carbonyl (C=O) groups excluding carboxylic acids is 1. The standard InChI is InChI=1S/C21H30N4O2/c1-21(2,3)25-19(26)15-24-20(22-4)23-12-7-13-27-18-11-10-16-8-5-6-9-17(16)14-18/h5-6,8-11,14H,7,12-13,15H2,1-4H3,(H,25,26)(H2,22,23,24). The van der Waals surface area contributed by atoms with E-state index in [0.717, 1.165) is 12.2 Å². The quantitative estimate of drug-likeness (QED) is 0.398. The molecular weight excluding hydrogens is 340 g/mol. The van der Waals surface area contributed by atoms with Crippen molar-refractivity contribution in [2.45, 2.75) is 32.7 Å². The molecule has 0 aliphatic rings. The molecule has 0 heterocycles. The summed E-state index contributed by atoms with van der Waals surface area (Å²) in [6.07, 6.45) is 0.821. The van der Waals surface area contributed by atoms with E-state index >= 15 is 0 Å². The zero-order valence-corrected chi connectivity index (χ0v) is 16.6. The van der Waals surface area contributed by atoms with Gasteiger partial charge in [-0.3, -0.25) is 9.79 Å². The number of fused-ring (bicyclic) bond motifs is 1. The average Bonchev–Trinajstić information content (AvgIpc) is 2.62. The van der Waals surface area contributed by atoms with Crippen LogP contribution in [0.15, 0.2) is 47.5 Å². The number of rotatable bonds is 7. The summed E-state index contributed by atoms with van der Waals surface area (Å²) in [5.41, 5.74) is -0.240. The van der Waals surface area contributed by atoms with Crippen LogP contribution in [0.4, 0.5) is 0 Å². The number of ether oxygens (including phenoxy) is 1.